The van der Waals surface area contributed by atoms with Gasteiger partial charge in [0.2, 0.25) is 5.91 Å². The summed E-state index contributed by atoms with van der Waals surface area (Å²) in [6, 6.07) is 0. The van der Waals surface area contributed by atoms with Crippen molar-refractivity contribution in [1.82, 2.24) is 4.90 Å². The van der Waals surface area contributed by atoms with Crippen molar-refractivity contribution >= 4 is 5.91 Å². The first-order chi connectivity index (χ1) is 6.49. The molecule has 1 rings (SSSR count). The van der Waals surface area contributed by atoms with E-state index in [9.17, 15) is 4.79 Å². The van der Waals surface area contributed by atoms with Gasteiger partial charge in [-0.3, -0.25) is 4.79 Å². The van der Waals surface area contributed by atoms with E-state index in [2.05, 4.69) is 20.8 Å². The van der Waals surface area contributed by atoms with Crippen LogP contribution < -0.4 is 0 Å². The van der Waals surface area contributed by atoms with E-state index in [1.807, 2.05) is 4.90 Å². The summed E-state index contributed by atoms with van der Waals surface area (Å²) in [6.45, 7) is 9.42. The molecule has 0 aromatic heterocycles. The predicted octanol–water partition coefficient (Wildman–Crippen LogP) is 1.67. The Balaban J connectivity index is 2.27. The zero-order chi connectivity index (χ0) is 10.6. The molecule has 14 heavy (non-hydrogen) atoms. The fourth-order valence-corrected chi connectivity index (χ4v) is 1.45. The maximum Gasteiger partial charge on any atom is 0.222 e. The van der Waals surface area contributed by atoms with Crippen LogP contribution in [0.15, 0.2) is 0 Å². The molecule has 0 spiro atoms. The number of carbonyl (C=O) groups excluding carboxylic acids is 1. The summed E-state index contributed by atoms with van der Waals surface area (Å²) in [7, 11) is 0. The molecule has 1 saturated heterocycles. The molecule has 3 heteroatoms. The molecule has 3 nitrogen and oxygen atoms in total. The van der Waals surface area contributed by atoms with E-state index in [0.717, 1.165) is 19.5 Å². The molecule has 0 N–H and O–H groups in total. The van der Waals surface area contributed by atoms with Crippen molar-refractivity contribution in [3.63, 3.8) is 0 Å². The number of carbonyl (C=O) groups is 1. The maximum absolute atomic E-state index is 11.7. The van der Waals surface area contributed by atoms with Crippen molar-refractivity contribution in [2.45, 2.75) is 33.6 Å². The zero-order valence-corrected chi connectivity index (χ0v) is 9.51. The molecule has 0 unspecified atom stereocenters. The lowest BCUT2D eigenvalue weighted by molar-refractivity contribution is -0.135. The van der Waals surface area contributed by atoms with Crippen molar-refractivity contribution in [2.24, 2.45) is 5.41 Å². The molecule has 0 aliphatic carbocycles. The Labute approximate surface area is 86.4 Å². The average molecular weight is 199 g/mol. The molecule has 1 heterocycles. The van der Waals surface area contributed by atoms with E-state index in [1.54, 1.807) is 0 Å². The lowest BCUT2D eigenvalue weighted by atomic mass is 9.90. The molecule has 1 aliphatic rings. The van der Waals surface area contributed by atoms with Crippen LogP contribution in [0.5, 0.6) is 0 Å². The largest absolute Gasteiger partial charge is 0.378 e. The van der Waals surface area contributed by atoms with E-state index < -0.39 is 0 Å². The Morgan fingerprint density at radius 1 is 1.29 bits per heavy atom. The molecular weight excluding hydrogens is 178 g/mol. The highest BCUT2D eigenvalue weighted by atomic mass is 16.5. The Morgan fingerprint density at radius 3 is 2.36 bits per heavy atom. The van der Waals surface area contributed by atoms with Crippen molar-refractivity contribution in [3.8, 4) is 0 Å². The van der Waals surface area contributed by atoms with Gasteiger partial charge in [-0.15, -0.1) is 0 Å². The summed E-state index contributed by atoms with van der Waals surface area (Å²) in [6.07, 6.45) is 1.63. The number of nitrogens with zero attached hydrogens (tertiary/aromatic N) is 1. The van der Waals surface area contributed by atoms with Crippen LogP contribution in [0.1, 0.15) is 33.6 Å². The van der Waals surface area contributed by atoms with Gasteiger partial charge < -0.3 is 9.64 Å². The standard InChI is InChI=1S/C11H21NO2/c1-11(2,3)5-4-10(13)12-6-8-14-9-7-12/h4-9H2,1-3H3. The SMILES string of the molecule is CC(C)(C)CCC(=O)N1CCOCC1. The highest BCUT2D eigenvalue weighted by Gasteiger charge is 2.19. The molecule has 0 saturated carbocycles. The van der Waals surface area contributed by atoms with Gasteiger partial charge in [0, 0.05) is 19.5 Å². The van der Waals surface area contributed by atoms with Crippen LogP contribution in [0, 0.1) is 5.41 Å². The Bertz CT molecular complexity index is 190. The molecule has 0 radical (unpaired) electrons. The molecule has 0 bridgehead atoms. The molecule has 1 aliphatic heterocycles. The van der Waals surface area contributed by atoms with Gasteiger partial charge in [0.1, 0.15) is 0 Å². The molecule has 0 aromatic rings. The number of hydrogen-bond donors (Lipinski definition) is 0. The number of ether oxygens (including phenoxy) is 1. The van der Waals surface area contributed by atoms with Gasteiger partial charge in [0.05, 0.1) is 13.2 Å². The van der Waals surface area contributed by atoms with E-state index >= 15 is 0 Å². The summed E-state index contributed by atoms with van der Waals surface area (Å²) in [5.41, 5.74) is 0.252. The van der Waals surface area contributed by atoms with Crippen molar-refractivity contribution in [1.29, 1.82) is 0 Å². The zero-order valence-electron chi connectivity index (χ0n) is 9.51. The first-order valence-corrected chi connectivity index (χ1v) is 5.34. The molecular formula is C11H21NO2. The van der Waals surface area contributed by atoms with Gasteiger partial charge in [0.15, 0.2) is 0 Å². The van der Waals surface area contributed by atoms with Crippen LogP contribution >= 0.6 is 0 Å². The number of morpholine rings is 1. The topological polar surface area (TPSA) is 29.5 Å². The highest BCUT2D eigenvalue weighted by molar-refractivity contribution is 5.76. The summed E-state index contributed by atoms with van der Waals surface area (Å²) < 4.78 is 5.20. The van der Waals surface area contributed by atoms with Crippen LogP contribution in [0.25, 0.3) is 0 Å². The number of amides is 1. The normalized spacial score (nSPS) is 18.4. The van der Waals surface area contributed by atoms with Crippen molar-refractivity contribution in [3.05, 3.63) is 0 Å². The van der Waals surface area contributed by atoms with Gasteiger partial charge >= 0.3 is 0 Å². The second kappa shape index (κ2) is 4.78. The second-order valence-corrected chi connectivity index (χ2v) is 5.05. The maximum atomic E-state index is 11.7. The Hall–Kier alpha value is -0.570. The third-order valence-corrected chi connectivity index (χ3v) is 2.45. The Morgan fingerprint density at radius 2 is 1.86 bits per heavy atom. The summed E-state index contributed by atoms with van der Waals surface area (Å²) in [5, 5.41) is 0. The van der Waals surface area contributed by atoms with Crippen molar-refractivity contribution < 1.29 is 9.53 Å². The monoisotopic (exact) mass is 199 g/mol. The minimum absolute atomic E-state index is 0.252. The van der Waals surface area contributed by atoms with Crippen molar-refractivity contribution in [2.75, 3.05) is 26.3 Å². The number of rotatable bonds is 2. The smallest absolute Gasteiger partial charge is 0.222 e. The van der Waals surface area contributed by atoms with Gasteiger partial charge in [-0.05, 0) is 11.8 Å². The second-order valence-electron chi connectivity index (χ2n) is 5.05. The first-order valence-electron chi connectivity index (χ1n) is 5.34. The molecule has 0 atom stereocenters. The van der Waals surface area contributed by atoms with Gasteiger partial charge in [-0.2, -0.15) is 0 Å². The van der Waals surface area contributed by atoms with E-state index in [-0.39, 0.29) is 11.3 Å². The average Bonchev–Trinajstić information content (AvgIpc) is 2.14. The first kappa shape index (κ1) is 11.5. The third kappa shape index (κ3) is 4.09. The van der Waals surface area contributed by atoms with Crippen LogP contribution in [-0.2, 0) is 9.53 Å². The number of hydrogen-bond acceptors (Lipinski definition) is 2. The summed E-state index contributed by atoms with van der Waals surface area (Å²) in [4.78, 5) is 13.6. The van der Waals surface area contributed by atoms with E-state index in [4.69, 9.17) is 4.74 Å². The Kier molecular flexibility index (Phi) is 3.93. The lowest BCUT2D eigenvalue weighted by Crippen LogP contribution is -2.40. The fraction of sp³-hybridized carbons (Fsp3) is 0.909. The quantitative estimate of drug-likeness (QED) is 0.677. The molecule has 82 valence electrons. The molecule has 1 amide bonds. The molecule has 0 aromatic carbocycles. The van der Waals surface area contributed by atoms with Gasteiger partial charge in [0.25, 0.3) is 0 Å². The fourth-order valence-electron chi connectivity index (χ4n) is 1.45. The van der Waals surface area contributed by atoms with E-state index in [1.165, 1.54) is 0 Å². The van der Waals surface area contributed by atoms with Crippen LogP contribution in [0.4, 0.5) is 0 Å². The summed E-state index contributed by atoms with van der Waals surface area (Å²) >= 11 is 0. The third-order valence-electron chi connectivity index (χ3n) is 2.45. The van der Waals surface area contributed by atoms with Crippen LogP contribution in [-0.4, -0.2) is 37.1 Å². The van der Waals surface area contributed by atoms with E-state index in [0.29, 0.717) is 19.6 Å². The summed E-state index contributed by atoms with van der Waals surface area (Å²) in [5.74, 6) is 0.281. The minimum atomic E-state index is 0.252. The van der Waals surface area contributed by atoms with Gasteiger partial charge in [-0.1, -0.05) is 20.8 Å². The van der Waals surface area contributed by atoms with Crippen LogP contribution in [0.2, 0.25) is 0 Å². The minimum Gasteiger partial charge on any atom is -0.378 e. The molecule has 1 fully saturated rings. The van der Waals surface area contributed by atoms with Crippen LogP contribution in [0.3, 0.4) is 0 Å². The predicted molar refractivity (Wildman–Crippen MR) is 56.1 cm³/mol. The van der Waals surface area contributed by atoms with Gasteiger partial charge in [-0.25, -0.2) is 0 Å². The highest BCUT2D eigenvalue weighted by Crippen LogP contribution is 2.21. The lowest BCUT2D eigenvalue weighted by Gasteiger charge is -2.28.